The van der Waals surface area contributed by atoms with Gasteiger partial charge in [-0.3, -0.25) is 0 Å². The monoisotopic (exact) mass is 194 g/mol. The van der Waals surface area contributed by atoms with E-state index in [0.29, 0.717) is 0 Å². The summed E-state index contributed by atoms with van der Waals surface area (Å²) in [5, 5.41) is 24.4. The van der Waals surface area contributed by atoms with Gasteiger partial charge in [0.1, 0.15) is 18.5 Å². The van der Waals surface area contributed by atoms with Gasteiger partial charge in [-0.2, -0.15) is 0 Å². The Bertz CT molecular complexity index is 151. The molecule has 0 aliphatic rings. The highest BCUT2D eigenvalue weighted by Crippen LogP contribution is 1.82. The number of carbonyl (C=O) groups is 2. The summed E-state index contributed by atoms with van der Waals surface area (Å²) < 4.78 is 3.90. The Morgan fingerprint density at radius 2 is 1.77 bits per heavy atom. The Balaban J connectivity index is 0. The third-order valence-electron chi connectivity index (χ3n) is 0.610. The summed E-state index contributed by atoms with van der Waals surface area (Å²) in [4.78, 5) is 19.0. The van der Waals surface area contributed by atoms with Crippen LogP contribution in [0.1, 0.15) is 13.8 Å². The zero-order valence-electron chi connectivity index (χ0n) is 7.56. The van der Waals surface area contributed by atoms with Crippen molar-refractivity contribution in [1.29, 1.82) is 0 Å². The van der Waals surface area contributed by atoms with Crippen LogP contribution in [0.5, 0.6) is 0 Å². The minimum atomic E-state index is -1.46. The van der Waals surface area contributed by atoms with Gasteiger partial charge >= 0.3 is 6.16 Å². The summed E-state index contributed by atoms with van der Waals surface area (Å²) >= 11 is 0. The number of carbonyl (C=O) groups excluding carboxylic acids is 1. The van der Waals surface area contributed by atoms with Crippen molar-refractivity contribution in [2.24, 2.45) is 0 Å². The minimum Gasteiger partial charge on any atom is -0.450 e. The third kappa shape index (κ3) is 24.8. The highest BCUT2D eigenvalue weighted by Gasteiger charge is 2.03. The molecule has 6 heteroatoms. The maximum absolute atomic E-state index is 9.60. The van der Waals surface area contributed by atoms with E-state index in [2.05, 4.69) is 4.74 Å². The molecular weight excluding hydrogens is 180 g/mol. The second-order valence-electron chi connectivity index (χ2n) is 2.32. The fourth-order valence-corrected chi connectivity index (χ4v) is 0.220. The van der Waals surface area contributed by atoms with Crippen molar-refractivity contribution in [3.05, 3.63) is 0 Å². The van der Waals surface area contributed by atoms with E-state index in [-0.39, 0.29) is 12.4 Å². The molecule has 0 bridgehead atoms. The molecule has 0 aromatic rings. The van der Waals surface area contributed by atoms with E-state index in [1.807, 2.05) is 0 Å². The van der Waals surface area contributed by atoms with Crippen LogP contribution in [0.4, 0.5) is 4.79 Å². The average Bonchev–Trinajstić information content (AvgIpc) is 1.99. The molecule has 0 unspecified atom stereocenters. The van der Waals surface area contributed by atoms with Crippen molar-refractivity contribution in [2.75, 3.05) is 13.2 Å². The van der Waals surface area contributed by atoms with Gasteiger partial charge < -0.3 is 24.9 Å². The smallest absolute Gasteiger partial charge is 0.450 e. The first-order valence-corrected chi connectivity index (χ1v) is 3.52. The molecule has 0 radical (unpaired) electrons. The van der Waals surface area contributed by atoms with Crippen molar-refractivity contribution in [3.8, 4) is 0 Å². The van der Waals surface area contributed by atoms with Crippen molar-refractivity contribution < 1.29 is 29.6 Å². The van der Waals surface area contributed by atoms with Gasteiger partial charge in [-0.1, -0.05) is 0 Å². The number of hydrogen-bond acceptors (Lipinski definition) is 5. The van der Waals surface area contributed by atoms with Crippen LogP contribution in [0.25, 0.3) is 0 Å². The number of Topliss-reactive ketones (excluding diaryl/α,β-unsaturated/α-hetero) is 1. The number of hydrogen-bond donors (Lipinski definition) is 3. The van der Waals surface area contributed by atoms with Gasteiger partial charge in [0.25, 0.3) is 0 Å². The Labute approximate surface area is 75.8 Å². The van der Waals surface area contributed by atoms with Crippen LogP contribution in [0.15, 0.2) is 0 Å². The SMILES string of the molecule is CC(C)=O.O=C(O)OC[C@@H](O)CO. The summed E-state index contributed by atoms with van der Waals surface area (Å²) in [6, 6.07) is 0. The first kappa shape index (κ1) is 14.4. The van der Waals surface area contributed by atoms with E-state index in [9.17, 15) is 9.59 Å². The number of ketones is 1. The fourth-order valence-electron chi connectivity index (χ4n) is 0.220. The van der Waals surface area contributed by atoms with Gasteiger partial charge in [0, 0.05) is 0 Å². The lowest BCUT2D eigenvalue weighted by Crippen LogP contribution is -2.21. The molecule has 0 spiro atoms. The maximum atomic E-state index is 9.60. The maximum Gasteiger partial charge on any atom is 0.505 e. The van der Waals surface area contributed by atoms with Gasteiger partial charge in [-0.25, -0.2) is 4.79 Å². The summed E-state index contributed by atoms with van der Waals surface area (Å²) in [6.07, 6.45) is -2.57. The molecule has 0 rings (SSSR count). The van der Waals surface area contributed by atoms with Crippen molar-refractivity contribution >= 4 is 11.9 Å². The largest absolute Gasteiger partial charge is 0.505 e. The van der Waals surface area contributed by atoms with E-state index in [0.717, 1.165) is 0 Å². The standard InChI is InChI=1S/C4H8O5.C3H6O/c5-1-3(6)2-9-4(7)8;1-3(2)4/h3,5-6H,1-2H2,(H,7,8);1-2H3/t3-;/m0./s1. The quantitative estimate of drug-likeness (QED) is 0.529. The van der Waals surface area contributed by atoms with Gasteiger partial charge in [0.05, 0.1) is 6.61 Å². The fraction of sp³-hybridized carbons (Fsp3) is 0.714. The number of aliphatic hydroxyl groups excluding tert-OH is 2. The lowest BCUT2D eigenvalue weighted by atomic mass is 10.4. The molecule has 1 atom stereocenters. The number of rotatable bonds is 3. The predicted octanol–water partition coefficient (Wildman–Crippen LogP) is -0.370. The van der Waals surface area contributed by atoms with E-state index < -0.39 is 18.9 Å². The van der Waals surface area contributed by atoms with Gasteiger partial charge in [0.15, 0.2) is 0 Å². The topological polar surface area (TPSA) is 104 Å². The number of ether oxygens (including phenoxy) is 1. The van der Waals surface area contributed by atoms with Crippen molar-refractivity contribution in [1.82, 2.24) is 0 Å². The Morgan fingerprint density at radius 1 is 1.38 bits per heavy atom. The average molecular weight is 194 g/mol. The Kier molecular flexibility index (Phi) is 9.91. The molecule has 0 amide bonds. The predicted molar refractivity (Wildman–Crippen MR) is 43.4 cm³/mol. The molecule has 0 aromatic heterocycles. The summed E-state index contributed by atoms with van der Waals surface area (Å²) in [5.41, 5.74) is 0. The normalized spacial score (nSPS) is 10.8. The van der Waals surface area contributed by atoms with E-state index in [1.165, 1.54) is 13.8 Å². The highest BCUT2D eigenvalue weighted by atomic mass is 16.7. The Morgan fingerprint density at radius 3 is 2.00 bits per heavy atom. The zero-order chi connectivity index (χ0) is 10.9. The first-order valence-electron chi connectivity index (χ1n) is 3.52. The van der Waals surface area contributed by atoms with Crippen LogP contribution in [-0.2, 0) is 9.53 Å². The molecule has 0 heterocycles. The molecule has 0 fully saturated rings. The molecule has 0 saturated carbocycles. The summed E-state index contributed by atoms with van der Waals surface area (Å²) in [6.45, 7) is 2.18. The van der Waals surface area contributed by atoms with Crippen molar-refractivity contribution in [3.63, 3.8) is 0 Å². The van der Waals surface area contributed by atoms with Gasteiger partial charge in [-0.15, -0.1) is 0 Å². The highest BCUT2D eigenvalue weighted by molar-refractivity contribution is 5.72. The van der Waals surface area contributed by atoms with E-state index in [1.54, 1.807) is 0 Å². The lowest BCUT2D eigenvalue weighted by molar-refractivity contribution is -0.115. The van der Waals surface area contributed by atoms with Crippen LogP contribution < -0.4 is 0 Å². The number of carboxylic acid groups (broad SMARTS) is 1. The zero-order valence-corrected chi connectivity index (χ0v) is 7.56. The molecular formula is C7H14O6. The van der Waals surface area contributed by atoms with E-state index in [4.69, 9.17) is 15.3 Å². The molecule has 6 nitrogen and oxygen atoms in total. The Hall–Kier alpha value is -1.14. The molecule has 3 N–H and O–H groups in total. The van der Waals surface area contributed by atoms with E-state index >= 15 is 0 Å². The molecule has 78 valence electrons. The van der Waals surface area contributed by atoms with Crippen LogP contribution in [-0.4, -0.2) is 46.6 Å². The van der Waals surface area contributed by atoms with Gasteiger partial charge in [0.2, 0.25) is 0 Å². The van der Waals surface area contributed by atoms with Crippen LogP contribution in [0.2, 0.25) is 0 Å². The van der Waals surface area contributed by atoms with Gasteiger partial charge in [-0.05, 0) is 13.8 Å². The first-order chi connectivity index (χ1) is 5.90. The van der Waals surface area contributed by atoms with Crippen LogP contribution >= 0.6 is 0 Å². The third-order valence-corrected chi connectivity index (χ3v) is 0.610. The minimum absolute atomic E-state index is 0.167. The van der Waals surface area contributed by atoms with Crippen molar-refractivity contribution in [2.45, 2.75) is 20.0 Å². The molecule has 13 heavy (non-hydrogen) atoms. The molecule has 0 aliphatic carbocycles. The number of aliphatic hydroxyl groups is 2. The van der Waals surface area contributed by atoms with Crippen LogP contribution in [0.3, 0.4) is 0 Å². The second kappa shape index (κ2) is 8.95. The van der Waals surface area contributed by atoms with Crippen LogP contribution in [0, 0.1) is 0 Å². The lowest BCUT2D eigenvalue weighted by Gasteiger charge is -2.03. The molecule has 0 saturated heterocycles. The molecule has 0 aliphatic heterocycles. The summed E-state index contributed by atoms with van der Waals surface area (Å²) in [5.74, 6) is 0.167. The summed E-state index contributed by atoms with van der Waals surface area (Å²) in [7, 11) is 0. The second-order valence-corrected chi connectivity index (χ2v) is 2.32. The molecule has 0 aromatic carbocycles.